The zero-order chi connectivity index (χ0) is 9.80. The topological polar surface area (TPSA) is 34.5 Å². The van der Waals surface area contributed by atoms with Crippen molar-refractivity contribution in [2.75, 3.05) is 6.61 Å². The number of ether oxygens (including phenoxy) is 1. The minimum absolute atomic E-state index is 0.183. The Balaban J connectivity index is 1.91. The van der Waals surface area contributed by atoms with Gasteiger partial charge in [-0.05, 0) is 24.5 Å². The van der Waals surface area contributed by atoms with E-state index in [4.69, 9.17) is 4.74 Å². The quantitative estimate of drug-likeness (QED) is 0.732. The van der Waals surface area contributed by atoms with Crippen molar-refractivity contribution >= 4 is 6.40 Å². The van der Waals surface area contributed by atoms with Crippen LogP contribution in [-0.2, 0) is 11.2 Å². The maximum absolute atomic E-state index is 13.1. The van der Waals surface area contributed by atoms with Crippen LogP contribution in [0.2, 0.25) is 0 Å². The predicted molar refractivity (Wildman–Crippen MR) is 50.7 cm³/mol. The van der Waals surface area contributed by atoms with E-state index >= 15 is 0 Å². The van der Waals surface area contributed by atoms with Gasteiger partial charge in [0.2, 0.25) is 0 Å². The molecule has 0 amide bonds. The van der Waals surface area contributed by atoms with Gasteiger partial charge in [-0.15, -0.1) is 0 Å². The Morgan fingerprint density at radius 3 is 3.21 bits per heavy atom. The van der Waals surface area contributed by atoms with E-state index in [0.717, 1.165) is 6.42 Å². The van der Waals surface area contributed by atoms with Gasteiger partial charge in [-0.25, -0.2) is 4.39 Å². The second kappa shape index (κ2) is 4.17. The standard InChI is InChI=1S/C10H11FN2O/c11-10-5-12-4-3-8(10)1-2-9-6-14-7-13-9/h3-5,7,9H,1-2,6H2. The Hall–Kier alpha value is -1.45. The number of aromatic nitrogens is 1. The van der Waals surface area contributed by atoms with Crippen LogP contribution in [0.1, 0.15) is 12.0 Å². The molecule has 0 bridgehead atoms. The van der Waals surface area contributed by atoms with E-state index in [0.29, 0.717) is 18.6 Å². The van der Waals surface area contributed by atoms with E-state index in [-0.39, 0.29) is 11.9 Å². The molecule has 0 N–H and O–H groups in total. The first kappa shape index (κ1) is 9.12. The SMILES string of the molecule is Fc1cnccc1CCC1COC=N1. The van der Waals surface area contributed by atoms with Crippen molar-refractivity contribution in [3.63, 3.8) is 0 Å². The second-order valence-corrected chi connectivity index (χ2v) is 3.25. The van der Waals surface area contributed by atoms with Gasteiger partial charge in [0.05, 0.1) is 12.2 Å². The molecule has 0 saturated heterocycles. The van der Waals surface area contributed by atoms with E-state index < -0.39 is 0 Å². The highest BCUT2D eigenvalue weighted by atomic mass is 19.1. The van der Waals surface area contributed by atoms with Crippen LogP contribution < -0.4 is 0 Å². The van der Waals surface area contributed by atoms with Gasteiger partial charge in [0.15, 0.2) is 6.40 Å². The van der Waals surface area contributed by atoms with Gasteiger partial charge in [-0.3, -0.25) is 9.98 Å². The Labute approximate surface area is 81.6 Å². The van der Waals surface area contributed by atoms with E-state index in [9.17, 15) is 4.39 Å². The third kappa shape index (κ3) is 2.07. The van der Waals surface area contributed by atoms with Crippen molar-refractivity contribution < 1.29 is 9.13 Å². The molecule has 1 aromatic rings. The smallest absolute Gasteiger partial charge is 0.169 e. The summed E-state index contributed by atoms with van der Waals surface area (Å²) in [7, 11) is 0. The molecular formula is C10H11FN2O. The highest BCUT2D eigenvalue weighted by molar-refractivity contribution is 5.48. The Bertz CT molecular complexity index is 341. The van der Waals surface area contributed by atoms with Crippen LogP contribution in [0.4, 0.5) is 4.39 Å². The molecular weight excluding hydrogens is 183 g/mol. The normalized spacial score (nSPS) is 19.6. The molecule has 3 nitrogen and oxygen atoms in total. The third-order valence-electron chi connectivity index (χ3n) is 2.24. The first-order valence-electron chi connectivity index (χ1n) is 4.58. The predicted octanol–water partition coefficient (Wildman–Crippen LogP) is 1.58. The summed E-state index contributed by atoms with van der Waals surface area (Å²) in [5.41, 5.74) is 0.696. The molecule has 0 fully saturated rings. The minimum atomic E-state index is -0.240. The number of aryl methyl sites for hydroxylation is 1. The summed E-state index contributed by atoms with van der Waals surface area (Å²) in [6.07, 6.45) is 5.81. The van der Waals surface area contributed by atoms with Crippen molar-refractivity contribution in [2.45, 2.75) is 18.9 Å². The van der Waals surface area contributed by atoms with Crippen molar-refractivity contribution in [1.29, 1.82) is 0 Å². The molecule has 1 aromatic heterocycles. The van der Waals surface area contributed by atoms with Gasteiger partial charge in [0.1, 0.15) is 12.4 Å². The van der Waals surface area contributed by atoms with Crippen LogP contribution in [0.5, 0.6) is 0 Å². The lowest BCUT2D eigenvalue weighted by molar-refractivity contribution is 0.321. The van der Waals surface area contributed by atoms with Crippen LogP contribution in [0, 0.1) is 5.82 Å². The molecule has 0 radical (unpaired) electrons. The zero-order valence-electron chi connectivity index (χ0n) is 7.69. The molecule has 0 saturated carbocycles. The summed E-state index contributed by atoms with van der Waals surface area (Å²) < 4.78 is 18.1. The second-order valence-electron chi connectivity index (χ2n) is 3.25. The van der Waals surface area contributed by atoms with Gasteiger partial charge in [0.25, 0.3) is 0 Å². The molecule has 0 aliphatic carbocycles. The van der Waals surface area contributed by atoms with Crippen LogP contribution >= 0.6 is 0 Å². The maximum Gasteiger partial charge on any atom is 0.169 e. The van der Waals surface area contributed by atoms with Gasteiger partial charge in [-0.1, -0.05) is 0 Å². The fourth-order valence-electron chi connectivity index (χ4n) is 1.41. The molecule has 1 aliphatic heterocycles. The monoisotopic (exact) mass is 194 g/mol. The molecule has 2 rings (SSSR count). The highest BCUT2D eigenvalue weighted by Crippen LogP contribution is 2.12. The summed E-state index contributed by atoms with van der Waals surface area (Å²) in [6.45, 7) is 0.618. The molecule has 1 atom stereocenters. The fourth-order valence-corrected chi connectivity index (χ4v) is 1.41. The Morgan fingerprint density at radius 1 is 1.57 bits per heavy atom. The molecule has 0 spiro atoms. The summed E-state index contributed by atoms with van der Waals surface area (Å²) in [4.78, 5) is 7.79. The van der Waals surface area contributed by atoms with E-state index in [1.165, 1.54) is 12.6 Å². The molecule has 2 heterocycles. The Kier molecular flexibility index (Phi) is 2.72. The summed E-state index contributed by atoms with van der Waals surface area (Å²) >= 11 is 0. The van der Waals surface area contributed by atoms with Crippen LogP contribution in [-0.4, -0.2) is 24.0 Å². The van der Waals surface area contributed by atoms with Gasteiger partial charge in [-0.2, -0.15) is 0 Å². The van der Waals surface area contributed by atoms with E-state index in [1.807, 2.05) is 0 Å². The number of hydrogen-bond donors (Lipinski definition) is 0. The van der Waals surface area contributed by atoms with Crippen molar-refractivity contribution in [3.8, 4) is 0 Å². The first-order chi connectivity index (χ1) is 6.86. The molecule has 74 valence electrons. The highest BCUT2D eigenvalue weighted by Gasteiger charge is 2.12. The van der Waals surface area contributed by atoms with Crippen LogP contribution in [0.3, 0.4) is 0 Å². The number of halogens is 1. The number of aliphatic imine (C=N–C) groups is 1. The Morgan fingerprint density at radius 2 is 2.50 bits per heavy atom. The lowest BCUT2D eigenvalue weighted by Gasteiger charge is -2.05. The number of hydrogen-bond acceptors (Lipinski definition) is 3. The van der Waals surface area contributed by atoms with Crippen molar-refractivity contribution in [2.24, 2.45) is 4.99 Å². The molecule has 1 aliphatic rings. The van der Waals surface area contributed by atoms with Gasteiger partial charge < -0.3 is 4.74 Å². The summed E-state index contributed by atoms with van der Waals surface area (Å²) in [5.74, 6) is -0.240. The number of pyridine rings is 1. The lowest BCUT2D eigenvalue weighted by atomic mass is 10.1. The minimum Gasteiger partial charge on any atom is -0.481 e. The largest absolute Gasteiger partial charge is 0.481 e. The van der Waals surface area contributed by atoms with Gasteiger partial charge in [0, 0.05) is 6.20 Å². The lowest BCUT2D eigenvalue weighted by Crippen LogP contribution is -2.08. The van der Waals surface area contributed by atoms with E-state index in [1.54, 1.807) is 12.3 Å². The van der Waals surface area contributed by atoms with Crippen LogP contribution in [0.25, 0.3) is 0 Å². The molecule has 0 aromatic carbocycles. The van der Waals surface area contributed by atoms with Crippen LogP contribution in [0.15, 0.2) is 23.5 Å². The van der Waals surface area contributed by atoms with Crippen molar-refractivity contribution in [1.82, 2.24) is 4.98 Å². The number of rotatable bonds is 3. The summed E-state index contributed by atoms with van der Waals surface area (Å²) in [6, 6.07) is 1.89. The molecule has 4 heteroatoms. The van der Waals surface area contributed by atoms with Gasteiger partial charge >= 0.3 is 0 Å². The number of nitrogens with zero attached hydrogens (tertiary/aromatic N) is 2. The maximum atomic E-state index is 13.1. The van der Waals surface area contributed by atoms with Crippen molar-refractivity contribution in [3.05, 3.63) is 29.8 Å². The average molecular weight is 194 g/mol. The first-order valence-corrected chi connectivity index (χ1v) is 4.58. The average Bonchev–Trinajstić information content (AvgIpc) is 2.69. The fraction of sp³-hybridized carbons (Fsp3) is 0.400. The third-order valence-corrected chi connectivity index (χ3v) is 2.24. The summed E-state index contributed by atoms with van der Waals surface area (Å²) in [5, 5.41) is 0. The van der Waals surface area contributed by atoms with E-state index in [2.05, 4.69) is 9.98 Å². The molecule has 1 unspecified atom stereocenters. The zero-order valence-corrected chi connectivity index (χ0v) is 7.69. The molecule has 14 heavy (non-hydrogen) atoms.